The molecule has 2 atom stereocenters. The minimum atomic E-state index is -1.21. The van der Waals surface area contributed by atoms with Crippen molar-refractivity contribution in [2.75, 3.05) is 0 Å². The maximum atomic E-state index is 14.4. The number of nitrogens with zero attached hydrogens (tertiary/aromatic N) is 2. The van der Waals surface area contributed by atoms with Crippen molar-refractivity contribution in [2.45, 2.75) is 58.5 Å². The predicted molar refractivity (Wildman–Crippen MR) is 103 cm³/mol. The van der Waals surface area contributed by atoms with Crippen LogP contribution in [0.15, 0.2) is 24.4 Å². The molecule has 0 saturated carbocycles. The summed E-state index contributed by atoms with van der Waals surface area (Å²) in [5.41, 5.74) is 0.338. The molecule has 2 N–H and O–H groups in total. The Labute approximate surface area is 167 Å². The summed E-state index contributed by atoms with van der Waals surface area (Å²) in [6, 6.07) is 3.41. The van der Waals surface area contributed by atoms with Gasteiger partial charge in [-0.3, -0.25) is 4.79 Å². The lowest BCUT2D eigenvalue weighted by Crippen LogP contribution is -2.28. The third-order valence-electron chi connectivity index (χ3n) is 5.10. The van der Waals surface area contributed by atoms with E-state index in [1.54, 1.807) is 4.57 Å². The Balaban J connectivity index is 2.03. The normalized spacial score (nSPS) is 19.3. The highest BCUT2D eigenvalue weighted by molar-refractivity contribution is 5.94. The minimum Gasteiger partial charge on any atom is -0.465 e. The summed E-state index contributed by atoms with van der Waals surface area (Å²) in [5, 5.41) is 11.6. The fourth-order valence-corrected chi connectivity index (χ4v) is 3.84. The Morgan fingerprint density at radius 1 is 1.28 bits per heavy atom. The number of hydrogen-bond donors (Lipinski definition) is 2. The second-order valence-electron chi connectivity index (χ2n) is 8.69. The van der Waals surface area contributed by atoms with Gasteiger partial charge < -0.3 is 15.0 Å². The van der Waals surface area contributed by atoms with E-state index in [1.807, 2.05) is 20.8 Å². The number of benzene rings is 1. The van der Waals surface area contributed by atoms with Gasteiger partial charge in [-0.1, -0.05) is 32.9 Å². The first-order valence-electron chi connectivity index (χ1n) is 9.59. The van der Waals surface area contributed by atoms with Crippen molar-refractivity contribution >= 4 is 11.9 Å². The van der Waals surface area contributed by atoms with E-state index in [4.69, 9.17) is 0 Å². The number of ketones is 1. The third-order valence-corrected chi connectivity index (χ3v) is 5.10. The van der Waals surface area contributed by atoms with Crippen LogP contribution in [-0.4, -0.2) is 26.5 Å². The van der Waals surface area contributed by atoms with Gasteiger partial charge in [0.05, 0.1) is 12.2 Å². The van der Waals surface area contributed by atoms with Crippen molar-refractivity contribution in [2.24, 2.45) is 5.41 Å². The van der Waals surface area contributed by atoms with Crippen LogP contribution in [0.2, 0.25) is 0 Å². The molecule has 0 unspecified atom stereocenters. The van der Waals surface area contributed by atoms with E-state index in [1.165, 1.54) is 18.3 Å². The van der Waals surface area contributed by atoms with Crippen LogP contribution < -0.4 is 5.32 Å². The molecular weight excluding hydrogens is 380 g/mol. The number of carbonyl (C=O) groups is 2. The number of fused-ring (bicyclic) bond motifs is 1. The van der Waals surface area contributed by atoms with E-state index in [0.717, 1.165) is 6.07 Å². The summed E-state index contributed by atoms with van der Waals surface area (Å²) in [6.45, 7) is 6.07. The molecule has 0 bridgehead atoms. The standard InChI is InChI=1S/C21H25F2N3O3/c1-21(2,3)9-17(27)16-10-24-19-15(25-20(28)29)8-7-12(11-26(16)19)13-5-4-6-14(22)18(13)23/h4-6,10,12,15,25H,7-9,11H2,1-3H3,(H,28,29)/t12-,15-/m1/s1. The molecule has 1 aliphatic heterocycles. The van der Waals surface area contributed by atoms with Gasteiger partial charge in [-0.05, 0) is 29.9 Å². The van der Waals surface area contributed by atoms with Gasteiger partial charge in [0.25, 0.3) is 0 Å². The van der Waals surface area contributed by atoms with Crippen molar-refractivity contribution in [1.29, 1.82) is 0 Å². The van der Waals surface area contributed by atoms with Crippen LogP contribution in [0.4, 0.5) is 13.6 Å². The number of carbonyl (C=O) groups excluding carboxylic acids is 1. The summed E-state index contributed by atoms with van der Waals surface area (Å²) in [5.74, 6) is -1.96. The Hall–Kier alpha value is -2.77. The maximum absolute atomic E-state index is 14.4. The van der Waals surface area contributed by atoms with E-state index in [9.17, 15) is 23.5 Å². The Kier molecular flexibility index (Phi) is 5.73. The molecule has 0 saturated heterocycles. The molecule has 29 heavy (non-hydrogen) atoms. The smallest absolute Gasteiger partial charge is 0.405 e. The zero-order valence-electron chi connectivity index (χ0n) is 16.7. The molecule has 156 valence electrons. The zero-order valence-corrected chi connectivity index (χ0v) is 16.7. The molecule has 1 aromatic heterocycles. The molecule has 2 aromatic rings. The van der Waals surface area contributed by atoms with Gasteiger partial charge in [0, 0.05) is 18.9 Å². The highest BCUT2D eigenvalue weighted by Crippen LogP contribution is 2.35. The van der Waals surface area contributed by atoms with E-state index in [0.29, 0.717) is 24.4 Å². The highest BCUT2D eigenvalue weighted by atomic mass is 19.2. The Bertz CT molecular complexity index is 934. The van der Waals surface area contributed by atoms with Crippen LogP contribution in [0, 0.1) is 17.0 Å². The first-order chi connectivity index (χ1) is 13.6. The number of rotatable bonds is 4. The van der Waals surface area contributed by atoms with Crippen LogP contribution in [-0.2, 0) is 6.54 Å². The monoisotopic (exact) mass is 405 g/mol. The second-order valence-corrected chi connectivity index (χ2v) is 8.69. The molecule has 1 aliphatic rings. The molecule has 3 rings (SSSR count). The van der Waals surface area contributed by atoms with Crippen molar-refractivity contribution in [3.63, 3.8) is 0 Å². The largest absolute Gasteiger partial charge is 0.465 e. The molecule has 0 fully saturated rings. The molecular formula is C21H25F2N3O3. The topological polar surface area (TPSA) is 84.2 Å². The third kappa shape index (κ3) is 4.63. The van der Waals surface area contributed by atoms with E-state index < -0.39 is 29.7 Å². The number of nitrogens with one attached hydrogen (secondary N) is 1. The second kappa shape index (κ2) is 7.93. The van der Waals surface area contributed by atoms with Gasteiger partial charge in [-0.2, -0.15) is 0 Å². The van der Waals surface area contributed by atoms with E-state index >= 15 is 0 Å². The number of aromatic nitrogens is 2. The lowest BCUT2D eigenvalue weighted by atomic mass is 9.89. The predicted octanol–water partition coefficient (Wildman–Crippen LogP) is 4.67. The molecule has 1 amide bonds. The van der Waals surface area contributed by atoms with Gasteiger partial charge >= 0.3 is 6.09 Å². The van der Waals surface area contributed by atoms with Gasteiger partial charge in [-0.25, -0.2) is 18.6 Å². The zero-order chi connectivity index (χ0) is 21.3. The molecule has 8 heteroatoms. The highest BCUT2D eigenvalue weighted by Gasteiger charge is 2.32. The summed E-state index contributed by atoms with van der Waals surface area (Å²) >= 11 is 0. The number of carboxylic acid groups (broad SMARTS) is 1. The number of amides is 1. The van der Waals surface area contributed by atoms with Gasteiger partial charge in [0.15, 0.2) is 17.4 Å². The summed E-state index contributed by atoms with van der Waals surface area (Å²) in [4.78, 5) is 28.4. The molecule has 6 nitrogen and oxygen atoms in total. The summed E-state index contributed by atoms with van der Waals surface area (Å²) in [7, 11) is 0. The SMILES string of the molecule is CC(C)(C)CC(=O)c1cnc2n1C[C@H](c1cccc(F)c1F)CC[C@H]2NC(=O)O. The van der Waals surface area contributed by atoms with Crippen LogP contribution in [0.25, 0.3) is 0 Å². The number of hydrogen-bond acceptors (Lipinski definition) is 3. The van der Waals surface area contributed by atoms with E-state index in [2.05, 4.69) is 10.3 Å². The number of Topliss-reactive ketones (excluding diaryl/α,β-unsaturated/α-hetero) is 1. The average Bonchev–Trinajstić information content (AvgIpc) is 2.94. The van der Waals surface area contributed by atoms with Crippen molar-refractivity contribution in [3.05, 3.63) is 53.1 Å². The fourth-order valence-electron chi connectivity index (χ4n) is 3.84. The lowest BCUT2D eigenvalue weighted by molar-refractivity contribution is 0.0929. The van der Waals surface area contributed by atoms with Crippen molar-refractivity contribution in [3.8, 4) is 0 Å². The average molecular weight is 405 g/mol. The van der Waals surface area contributed by atoms with Crippen LogP contribution >= 0.6 is 0 Å². The van der Waals surface area contributed by atoms with Gasteiger partial charge in [0.1, 0.15) is 11.5 Å². The van der Waals surface area contributed by atoms with Gasteiger partial charge in [-0.15, -0.1) is 0 Å². The summed E-state index contributed by atoms with van der Waals surface area (Å²) < 4.78 is 29.9. The van der Waals surface area contributed by atoms with Crippen LogP contribution in [0.5, 0.6) is 0 Å². The van der Waals surface area contributed by atoms with Crippen molar-refractivity contribution < 1.29 is 23.5 Å². The van der Waals surface area contributed by atoms with Crippen LogP contribution in [0.1, 0.15) is 73.9 Å². The van der Waals surface area contributed by atoms with Crippen molar-refractivity contribution in [1.82, 2.24) is 14.9 Å². The molecule has 0 aliphatic carbocycles. The summed E-state index contributed by atoms with van der Waals surface area (Å²) in [6.07, 6.45) is 1.30. The Morgan fingerprint density at radius 2 is 2.00 bits per heavy atom. The minimum absolute atomic E-state index is 0.120. The molecule has 2 heterocycles. The van der Waals surface area contributed by atoms with E-state index in [-0.39, 0.29) is 29.7 Å². The van der Waals surface area contributed by atoms with Crippen LogP contribution in [0.3, 0.4) is 0 Å². The first kappa shape index (κ1) is 21.0. The number of imidazole rings is 1. The maximum Gasteiger partial charge on any atom is 0.405 e. The van der Waals surface area contributed by atoms with Gasteiger partial charge in [0.2, 0.25) is 0 Å². The lowest BCUT2D eigenvalue weighted by Gasteiger charge is -2.20. The first-order valence-corrected chi connectivity index (χ1v) is 9.59. The number of halogens is 2. The quantitative estimate of drug-likeness (QED) is 0.724. The molecule has 0 radical (unpaired) electrons. The fraction of sp³-hybridized carbons (Fsp3) is 0.476. The molecule has 1 aromatic carbocycles. The Morgan fingerprint density at radius 3 is 2.66 bits per heavy atom. The molecule has 0 spiro atoms.